The highest BCUT2D eigenvalue weighted by Gasteiger charge is 2.46. The van der Waals surface area contributed by atoms with Gasteiger partial charge in [0.2, 0.25) is 0 Å². The molecule has 0 saturated carbocycles. The first-order valence-corrected chi connectivity index (χ1v) is 9.08. The lowest BCUT2D eigenvalue weighted by atomic mass is 9.98. The molecule has 1 aliphatic carbocycles. The number of rotatable bonds is 9. The highest BCUT2D eigenvalue weighted by atomic mass is 16.6. The highest BCUT2D eigenvalue weighted by molar-refractivity contribution is 6.02. The third-order valence-electron chi connectivity index (χ3n) is 4.73. The summed E-state index contributed by atoms with van der Waals surface area (Å²) in [6.07, 6.45) is 0. The number of benzene rings is 2. The first-order chi connectivity index (χ1) is 13.5. The summed E-state index contributed by atoms with van der Waals surface area (Å²) in [6, 6.07) is 15.7. The molecule has 0 radical (unpaired) electrons. The normalized spacial score (nSPS) is 14.8. The summed E-state index contributed by atoms with van der Waals surface area (Å²) >= 11 is 0. The molecule has 7 heteroatoms. The van der Waals surface area contributed by atoms with Crippen molar-refractivity contribution in [3.8, 4) is 11.1 Å². The molecule has 0 aliphatic heterocycles. The SMILES string of the molecule is CCOCCOC(N)(C(=O)O)C(=O)OCC1c2ccccc2-c2ccccc21. The summed E-state index contributed by atoms with van der Waals surface area (Å²) in [4.78, 5) is 24.0. The third-order valence-corrected chi connectivity index (χ3v) is 4.73. The number of hydrogen-bond acceptors (Lipinski definition) is 6. The Bertz CT molecular complexity index is 822. The largest absolute Gasteiger partial charge is 0.478 e. The fourth-order valence-corrected chi connectivity index (χ4v) is 3.32. The molecule has 7 nitrogen and oxygen atoms in total. The maximum absolute atomic E-state index is 12.5. The molecule has 0 bridgehead atoms. The lowest BCUT2D eigenvalue weighted by molar-refractivity contribution is -0.188. The fraction of sp³-hybridized carbons (Fsp3) is 0.333. The molecule has 0 spiro atoms. The average Bonchev–Trinajstić information content (AvgIpc) is 3.03. The quantitative estimate of drug-likeness (QED) is 0.295. The smallest absolute Gasteiger partial charge is 0.366 e. The Morgan fingerprint density at radius 1 is 1.04 bits per heavy atom. The predicted molar refractivity (Wildman–Crippen MR) is 102 cm³/mol. The number of nitrogens with two attached hydrogens (primary N) is 1. The number of carbonyl (C=O) groups excluding carboxylic acids is 1. The highest BCUT2D eigenvalue weighted by Crippen LogP contribution is 2.44. The lowest BCUT2D eigenvalue weighted by Gasteiger charge is -2.24. The third kappa shape index (κ3) is 3.77. The van der Waals surface area contributed by atoms with Crippen LogP contribution in [0, 0.1) is 0 Å². The van der Waals surface area contributed by atoms with Crippen molar-refractivity contribution in [2.24, 2.45) is 5.73 Å². The van der Waals surface area contributed by atoms with E-state index in [4.69, 9.17) is 19.9 Å². The molecule has 2 aromatic rings. The Kier molecular flexibility index (Phi) is 6.08. The van der Waals surface area contributed by atoms with Gasteiger partial charge in [0.05, 0.1) is 13.2 Å². The molecular formula is C21H23NO6. The van der Waals surface area contributed by atoms with Crippen molar-refractivity contribution in [3.63, 3.8) is 0 Å². The van der Waals surface area contributed by atoms with Gasteiger partial charge in [-0.3, -0.25) is 5.73 Å². The van der Waals surface area contributed by atoms with E-state index in [2.05, 4.69) is 0 Å². The Labute approximate surface area is 163 Å². The standard InChI is InChI=1S/C21H23NO6/c1-2-26-11-12-28-21(22,19(23)24)20(25)27-13-18-16-9-5-3-7-14(16)15-8-4-6-10-17(15)18/h3-10,18H,2,11-13,22H2,1H3,(H,23,24). The Morgan fingerprint density at radius 2 is 1.61 bits per heavy atom. The van der Waals surface area contributed by atoms with Gasteiger partial charge in [0.25, 0.3) is 0 Å². The van der Waals surface area contributed by atoms with Crippen LogP contribution in [0.5, 0.6) is 0 Å². The van der Waals surface area contributed by atoms with Crippen molar-refractivity contribution >= 4 is 11.9 Å². The molecule has 0 saturated heterocycles. The number of carbonyl (C=O) groups is 2. The minimum atomic E-state index is -2.57. The summed E-state index contributed by atoms with van der Waals surface area (Å²) in [5.41, 5.74) is 7.30. The van der Waals surface area contributed by atoms with Crippen molar-refractivity contribution in [3.05, 3.63) is 59.7 Å². The van der Waals surface area contributed by atoms with Crippen LogP contribution in [0.1, 0.15) is 24.0 Å². The van der Waals surface area contributed by atoms with Gasteiger partial charge in [-0.25, -0.2) is 9.59 Å². The van der Waals surface area contributed by atoms with Crippen LogP contribution in [0.4, 0.5) is 0 Å². The van der Waals surface area contributed by atoms with Gasteiger partial charge in [-0.2, -0.15) is 0 Å². The van der Waals surface area contributed by atoms with E-state index in [1.807, 2.05) is 48.5 Å². The maximum Gasteiger partial charge on any atom is 0.366 e. The minimum absolute atomic E-state index is 0.0338. The first-order valence-electron chi connectivity index (χ1n) is 9.08. The molecule has 1 unspecified atom stereocenters. The molecule has 0 heterocycles. The Hall–Kier alpha value is -2.74. The number of fused-ring (bicyclic) bond motifs is 3. The van der Waals surface area contributed by atoms with Crippen molar-refractivity contribution in [2.75, 3.05) is 26.4 Å². The van der Waals surface area contributed by atoms with Crippen LogP contribution in [-0.4, -0.2) is 49.2 Å². The zero-order chi connectivity index (χ0) is 20.1. The number of esters is 1. The van der Waals surface area contributed by atoms with Crippen LogP contribution in [0.25, 0.3) is 11.1 Å². The fourth-order valence-electron chi connectivity index (χ4n) is 3.32. The Balaban J connectivity index is 1.74. The molecular weight excluding hydrogens is 362 g/mol. The first kappa shape index (κ1) is 20.0. The van der Waals surface area contributed by atoms with Gasteiger partial charge >= 0.3 is 17.7 Å². The molecule has 1 atom stereocenters. The molecule has 3 rings (SSSR count). The van der Waals surface area contributed by atoms with Crippen molar-refractivity contribution in [2.45, 2.75) is 18.6 Å². The van der Waals surface area contributed by atoms with Crippen LogP contribution in [0.2, 0.25) is 0 Å². The maximum atomic E-state index is 12.5. The lowest BCUT2D eigenvalue weighted by Crippen LogP contribution is -2.58. The van der Waals surface area contributed by atoms with Crippen LogP contribution in [0.15, 0.2) is 48.5 Å². The summed E-state index contributed by atoms with van der Waals surface area (Å²) in [5, 5.41) is 9.38. The van der Waals surface area contributed by atoms with Gasteiger partial charge in [-0.05, 0) is 29.2 Å². The molecule has 2 aromatic carbocycles. The summed E-state index contributed by atoms with van der Waals surface area (Å²) in [5.74, 6) is -2.95. The second-order valence-electron chi connectivity index (χ2n) is 6.41. The Morgan fingerprint density at radius 3 is 2.14 bits per heavy atom. The molecule has 3 N–H and O–H groups in total. The number of hydrogen-bond donors (Lipinski definition) is 2. The second kappa shape index (κ2) is 8.52. The predicted octanol–water partition coefficient (Wildman–Crippen LogP) is 2.13. The van der Waals surface area contributed by atoms with Crippen LogP contribution >= 0.6 is 0 Å². The summed E-state index contributed by atoms with van der Waals surface area (Å²) in [7, 11) is 0. The van der Waals surface area contributed by atoms with E-state index < -0.39 is 17.7 Å². The van der Waals surface area contributed by atoms with Crippen LogP contribution in [-0.2, 0) is 23.8 Å². The van der Waals surface area contributed by atoms with E-state index in [0.29, 0.717) is 6.61 Å². The van der Waals surface area contributed by atoms with E-state index in [1.54, 1.807) is 6.92 Å². The number of carboxylic acid groups (broad SMARTS) is 1. The monoisotopic (exact) mass is 385 g/mol. The van der Waals surface area contributed by atoms with Gasteiger partial charge in [-0.1, -0.05) is 48.5 Å². The van der Waals surface area contributed by atoms with Crippen LogP contribution in [0.3, 0.4) is 0 Å². The molecule has 0 fully saturated rings. The van der Waals surface area contributed by atoms with E-state index in [1.165, 1.54) is 0 Å². The second-order valence-corrected chi connectivity index (χ2v) is 6.41. The summed E-state index contributed by atoms with van der Waals surface area (Å²) in [6.45, 7) is 2.19. The number of carboxylic acids is 1. The van der Waals surface area contributed by atoms with Crippen molar-refractivity contribution < 1.29 is 28.9 Å². The van der Waals surface area contributed by atoms with E-state index in [-0.39, 0.29) is 25.7 Å². The van der Waals surface area contributed by atoms with Gasteiger partial charge in [-0.15, -0.1) is 0 Å². The average molecular weight is 385 g/mol. The zero-order valence-electron chi connectivity index (χ0n) is 15.6. The van der Waals surface area contributed by atoms with Gasteiger partial charge in [0, 0.05) is 12.5 Å². The molecule has 1 aliphatic rings. The molecule has 28 heavy (non-hydrogen) atoms. The zero-order valence-corrected chi connectivity index (χ0v) is 15.6. The summed E-state index contributed by atoms with van der Waals surface area (Å²) < 4.78 is 15.5. The van der Waals surface area contributed by atoms with Gasteiger partial charge in [0.15, 0.2) is 0 Å². The van der Waals surface area contributed by atoms with Crippen LogP contribution < -0.4 is 5.73 Å². The molecule has 148 valence electrons. The molecule has 0 amide bonds. The van der Waals surface area contributed by atoms with Crippen molar-refractivity contribution in [1.29, 1.82) is 0 Å². The minimum Gasteiger partial charge on any atom is -0.478 e. The van der Waals surface area contributed by atoms with E-state index in [9.17, 15) is 14.7 Å². The number of ether oxygens (including phenoxy) is 3. The van der Waals surface area contributed by atoms with Crippen molar-refractivity contribution in [1.82, 2.24) is 0 Å². The van der Waals surface area contributed by atoms with E-state index in [0.717, 1.165) is 22.3 Å². The van der Waals surface area contributed by atoms with E-state index >= 15 is 0 Å². The van der Waals surface area contributed by atoms with Gasteiger partial charge < -0.3 is 19.3 Å². The van der Waals surface area contributed by atoms with Gasteiger partial charge in [0.1, 0.15) is 6.61 Å². The number of aliphatic carboxylic acids is 1. The molecule has 0 aromatic heterocycles. The topological polar surface area (TPSA) is 108 Å².